The number of fused-ring (bicyclic) bond motifs is 1. The van der Waals surface area contributed by atoms with Crippen LogP contribution < -0.4 is 20.1 Å². The third kappa shape index (κ3) is 8.29. The first-order valence-corrected chi connectivity index (χ1v) is 18.4. The zero-order valence-corrected chi connectivity index (χ0v) is 30.6. The van der Waals surface area contributed by atoms with Gasteiger partial charge in [-0.05, 0) is 63.6 Å². The largest absolute Gasteiger partial charge is 0.488 e. The van der Waals surface area contributed by atoms with Gasteiger partial charge in [0.2, 0.25) is 21.8 Å². The summed E-state index contributed by atoms with van der Waals surface area (Å²) in [4.78, 5) is 60.0. The predicted octanol–water partition coefficient (Wildman–Crippen LogP) is 4.21. The van der Waals surface area contributed by atoms with Gasteiger partial charge < -0.3 is 25.0 Å². The molecule has 4 amide bonds. The van der Waals surface area contributed by atoms with Gasteiger partial charge in [0.1, 0.15) is 35.1 Å². The summed E-state index contributed by atoms with van der Waals surface area (Å²) in [6.45, 7) is 13.5. The molecule has 3 N–H and O–H groups in total. The molecule has 0 spiro atoms. The van der Waals surface area contributed by atoms with Crippen LogP contribution in [0.3, 0.4) is 0 Å². The fourth-order valence-corrected chi connectivity index (χ4v) is 7.66. The lowest BCUT2D eigenvalue weighted by Crippen LogP contribution is -2.60. The molecule has 1 aliphatic heterocycles. The number of benzene rings is 1. The van der Waals surface area contributed by atoms with Gasteiger partial charge in [-0.15, -0.1) is 6.58 Å². The molecule has 52 heavy (non-hydrogen) atoms. The van der Waals surface area contributed by atoms with Crippen LogP contribution in [0.4, 0.5) is 18.0 Å². The molecule has 13 nitrogen and oxygen atoms in total. The topological polar surface area (TPSA) is 173 Å². The highest BCUT2D eigenvalue weighted by Gasteiger charge is 2.62. The van der Waals surface area contributed by atoms with Crippen molar-refractivity contribution in [3.8, 4) is 5.75 Å². The maximum Gasteiger partial charge on any atom is 0.418 e. The number of para-hydroxylation sites is 1. The lowest BCUT2D eigenvalue weighted by Gasteiger charge is -2.36. The highest BCUT2D eigenvalue weighted by Crippen LogP contribution is 2.46. The summed E-state index contributed by atoms with van der Waals surface area (Å²) in [7, 11) is -3.96. The van der Waals surface area contributed by atoms with Gasteiger partial charge in [0, 0.05) is 23.9 Å². The Morgan fingerprint density at radius 1 is 1.08 bits per heavy atom. The van der Waals surface area contributed by atoms with Crippen molar-refractivity contribution in [1.82, 2.24) is 25.2 Å². The molecule has 1 aromatic carbocycles. The van der Waals surface area contributed by atoms with Crippen molar-refractivity contribution in [1.29, 1.82) is 0 Å². The van der Waals surface area contributed by atoms with Crippen LogP contribution in [0, 0.1) is 11.3 Å². The van der Waals surface area contributed by atoms with Crippen molar-refractivity contribution in [2.75, 3.05) is 6.54 Å². The summed E-state index contributed by atoms with van der Waals surface area (Å²) in [6.07, 6.45) is -3.22. The standard InChI is InChI=1S/C35H44F3N5O8S/c1-8-19-17-34(19,30(46)42-52(48,49)21-12-13-21)41-28(44)24-16-20(50-25-14-15-39-26-22(25)10-9-11-23(26)35(36,37)38)18-43(24)29(45)27(32(2,3)4)40-31(47)51-33(5,6)7/h8-11,14-15,19-21,24,27H,1,12-13,16-18H2,2-7H3,(H,40,47)(H,41,44)(H,42,46). The quantitative estimate of drug-likeness (QED) is 0.301. The van der Waals surface area contributed by atoms with Crippen LogP contribution in [0.5, 0.6) is 5.75 Å². The second-order valence-corrected chi connectivity index (χ2v) is 17.6. The van der Waals surface area contributed by atoms with E-state index in [1.807, 2.05) is 0 Å². The van der Waals surface area contributed by atoms with Crippen LogP contribution in [0.2, 0.25) is 0 Å². The van der Waals surface area contributed by atoms with Crippen molar-refractivity contribution >= 4 is 44.7 Å². The third-order valence-electron chi connectivity index (χ3n) is 9.20. The Hall–Kier alpha value is -4.41. The maximum atomic E-state index is 14.4. The van der Waals surface area contributed by atoms with Gasteiger partial charge in [-0.1, -0.05) is 32.9 Å². The molecule has 284 valence electrons. The number of halogens is 3. The first kappa shape index (κ1) is 38.8. The van der Waals surface area contributed by atoms with Gasteiger partial charge in [0.05, 0.1) is 22.9 Å². The number of alkyl halides is 3. The van der Waals surface area contributed by atoms with E-state index < -0.39 is 91.5 Å². The monoisotopic (exact) mass is 751 g/mol. The average molecular weight is 752 g/mol. The number of alkyl carbamates (subject to hydrolysis) is 1. The Morgan fingerprint density at radius 3 is 2.31 bits per heavy atom. The van der Waals surface area contributed by atoms with Gasteiger partial charge in [0.25, 0.3) is 5.91 Å². The summed E-state index contributed by atoms with van der Waals surface area (Å²) in [5.41, 5.74) is -4.77. The first-order chi connectivity index (χ1) is 24.0. The average Bonchev–Trinajstić information content (AvgIpc) is 3.94. The molecule has 5 atom stereocenters. The highest BCUT2D eigenvalue weighted by molar-refractivity contribution is 7.91. The number of aromatic nitrogens is 1. The number of amides is 4. The number of pyridine rings is 1. The molecule has 0 radical (unpaired) electrons. The molecule has 2 heterocycles. The Morgan fingerprint density at radius 2 is 1.75 bits per heavy atom. The zero-order chi connectivity index (χ0) is 38.6. The van der Waals surface area contributed by atoms with E-state index in [4.69, 9.17) is 9.47 Å². The minimum absolute atomic E-state index is 0.0313. The first-order valence-electron chi connectivity index (χ1n) is 16.9. The minimum atomic E-state index is -4.69. The predicted molar refractivity (Wildman–Crippen MR) is 183 cm³/mol. The number of carbonyl (C=O) groups excluding carboxylic acids is 4. The van der Waals surface area contributed by atoms with Crippen molar-refractivity contribution in [3.63, 3.8) is 0 Å². The lowest BCUT2D eigenvalue weighted by atomic mass is 9.85. The smallest absolute Gasteiger partial charge is 0.418 e. The number of ether oxygens (including phenoxy) is 2. The molecule has 2 saturated carbocycles. The van der Waals surface area contributed by atoms with Gasteiger partial charge in [0.15, 0.2) is 0 Å². The van der Waals surface area contributed by atoms with E-state index >= 15 is 0 Å². The number of rotatable bonds is 10. The zero-order valence-electron chi connectivity index (χ0n) is 29.8. The van der Waals surface area contributed by atoms with E-state index in [1.54, 1.807) is 41.5 Å². The summed E-state index contributed by atoms with van der Waals surface area (Å²) < 4.78 is 80.3. The molecular weight excluding hydrogens is 707 g/mol. The number of likely N-dealkylation sites (tertiary alicyclic amines) is 1. The summed E-state index contributed by atoms with van der Waals surface area (Å²) >= 11 is 0. The number of nitrogens with zero attached hydrogens (tertiary/aromatic N) is 2. The van der Waals surface area contributed by atoms with Gasteiger partial charge >= 0.3 is 12.3 Å². The van der Waals surface area contributed by atoms with Gasteiger partial charge in [-0.3, -0.25) is 24.1 Å². The van der Waals surface area contributed by atoms with Crippen LogP contribution in [0.15, 0.2) is 43.1 Å². The van der Waals surface area contributed by atoms with Crippen LogP contribution in [0.1, 0.15) is 72.8 Å². The van der Waals surface area contributed by atoms with Crippen molar-refractivity contribution in [3.05, 3.63) is 48.7 Å². The fourth-order valence-electron chi connectivity index (χ4n) is 6.30. The Bertz CT molecular complexity index is 1890. The summed E-state index contributed by atoms with van der Waals surface area (Å²) in [5.74, 6) is -2.99. The van der Waals surface area contributed by atoms with E-state index in [1.165, 1.54) is 29.2 Å². The highest BCUT2D eigenvalue weighted by atomic mass is 32.2. The maximum absolute atomic E-state index is 14.4. The lowest BCUT2D eigenvalue weighted by molar-refractivity contribution is -0.143. The van der Waals surface area contributed by atoms with Crippen LogP contribution in [0.25, 0.3) is 10.9 Å². The number of hydrogen-bond donors (Lipinski definition) is 3. The SMILES string of the molecule is C=CC1CC1(NC(=O)C1CC(Oc2ccnc3c(C(F)(F)F)cccc23)CN1C(=O)C(NC(=O)OC(C)(C)C)C(C)(C)C)C(=O)NS(=O)(=O)C1CC1. The molecule has 3 aliphatic rings. The van der Waals surface area contributed by atoms with E-state index in [-0.39, 0.29) is 36.0 Å². The van der Waals surface area contributed by atoms with Crippen molar-refractivity contribution in [2.45, 2.75) is 108 Å². The molecule has 3 fully saturated rings. The normalized spacial score (nSPS) is 24.1. The molecular formula is C35H44F3N5O8S. The second-order valence-electron chi connectivity index (χ2n) is 15.6. The number of hydrogen-bond acceptors (Lipinski definition) is 9. The van der Waals surface area contributed by atoms with E-state index in [2.05, 4.69) is 26.9 Å². The van der Waals surface area contributed by atoms with Gasteiger partial charge in [-0.25, -0.2) is 13.2 Å². The van der Waals surface area contributed by atoms with E-state index in [0.717, 1.165) is 12.3 Å². The molecule has 1 saturated heterocycles. The van der Waals surface area contributed by atoms with Crippen LogP contribution >= 0.6 is 0 Å². The van der Waals surface area contributed by atoms with E-state index in [9.17, 15) is 40.8 Å². The number of carbonyl (C=O) groups is 4. The summed E-state index contributed by atoms with van der Waals surface area (Å²) in [5, 5.41) is 4.65. The number of nitrogens with one attached hydrogen (secondary N) is 3. The number of sulfonamides is 1. The van der Waals surface area contributed by atoms with Crippen molar-refractivity contribution < 1.29 is 50.2 Å². The third-order valence-corrected chi connectivity index (χ3v) is 11.0. The molecule has 2 aliphatic carbocycles. The Labute approximate surface area is 300 Å². The van der Waals surface area contributed by atoms with E-state index in [0.29, 0.717) is 12.8 Å². The van der Waals surface area contributed by atoms with Crippen molar-refractivity contribution in [2.24, 2.45) is 11.3 Å². The Balaban J connectivity index is 1.47. The van der Waals surface area contributed by atoms with Crippen LogP contribution in [-0.2, 0) is 35.3 Å². The van der Waals surface area contributed by atoms with Gasteiger partial charge in [-0.2, -0.15) is 13.2 Å². The molecule has 0 bridgehead atoms. The van der Waals surface area contributed by atoms with Crippen LogP contribution in [-0.4, -0.2) is 83.2 Å². The molecule has 5 unspecified atom stereocenters. The Kier molecular flexibility index (Phi) is 10.1. The molecule has 5 rings (SSSR count). The second kappa shape index (κ2) is 13.5. The molecule has 17 heteroatoms. The fraction of sp³-hybridized carbons (Fsp3) is 0.571. The minimum Gasteiger partial charge on any atom is -0.488 e. The molecule has 2 aromatic rings. The summed E-state index contributed by atoms with van der Waals surface area (Å²) in [6, 6.07) is 2.37. The molecule has 1 aromatic heterocycles.